The van der Waals surface area contributed by atoms with Gasteiger partial charge in [0.25, 0.3) is 0 Å². The molecule has 80 valence electrons. The standard InChI is InChI=1S/C11H13NO3/c13-10(7-3-1-2-4-7)8-5-6-9(12-8)11(14)15/h5-7,12H,1-4H2,(H,14,15). The van der Waals surface area contributed by atoms with Gasteiger partial charge in [-0.05, 0) is 25.0 Å². The molecule has 1 heterocycles. The fraction of sp³-hybridized carbons (Fsp3) is 0.455. The van der Waals surface area contributed by atoms with E-state index < -0.39 is 5.97 Å². The Morgan fingerprint density at radius 3 is 2.33 bits per heavy atom. The molecular formula is C11H13NO3. The molecule has 0 aromatic carbocycles. The average molecular weight is 207 g/mol. The Kier molecular flexibility index (Phi) is 2.58. The lowest BCUT2D eigenvalue weighted by molar-refractivity contribution is 0.0691. The summed E-state index contributed by atoms with van der Waals surface area (Å²) in [6.07, 6.45) is 4.06. The second kappa shape index (κ2) is 3.88. The van der Waals surface area contributed by atoms with E-state index in [1.807, 2.05) is 0 Å². The smallest absolute Gasteiger partial charge is 0.352 e. The molecule has 4 heteroatoms. The molecule has 0 radical (unpaired) electrons. The Labute approximate surface area is 87.3 Å². The molecule has 1 aliphatic carbocycles. The minimum absolute atomic E-state index is 0.0556. The maximum absolute atomic E-state index is 11.9. The molecule has 15 heavy (non-hydrogen) atoms. The molecule has 0 unspecified atom stereocenters. The first kappa shape index (κ1) is 9.96. The molecule has 1 fully saturated rings. The number of aromatic carboxylic acids is 1. The van der Waals surface area contributed by atoms with Crippen LogP contribution in [0.1, 0.15) is 46.7 Å². The van der Waals surface area contributed by atoms with E-state index >= 15 is 0 Å². The largest absolute Gasteiger partial charge is 0.477 e. The maximum atomic E-state index is 11.9. The molecule has 4 nitrogen and oxygen atoms in total. The number of rotatable bonds is 3. The van der Waals surface area contributed by atoms with E-state index in [4.69, 9.17) is 5.11 Å². The molecule has 0 saturated heterocycles. The zero-order valence-electron chi connectivity index (χ0n) is 8.32. The zero-order chi connectivity index (χ0) is 10.8. The van der Waals surface area contributed by atoms with Crippen LogP contribution >= 0.6 is 0 Å². The van der Waals surface area contributed by atoms with E-state index in [2.05, 4.69) is 4.98 Å². The minimum atomic E-state index is -1.03. The van der Waals surface area contributed by atoms with Crippen LogP contribution in [0.2, 0.25) is 0 Å². The van der Waals surface area contributed by atoms with Crippen LogP contribution in [0.3, 0.4) is 0 Å². The highest BCUT2D eigenvalue weighted by Gasteiger charge is 2.25. The van der Waals surface area contributed by atoms with Gasteiger partial charge >= 0.3 is 5.97 Å². The van der Waals surface area contributed by atoms with Crippen molar-refractivity contribution >= 4 is 11.8 Å². The van der Waals surface area contributed by atoms with E-state index in [-0.39, 0.29) is 17.4 Å². The summed E-state index contributed by atoms with van der Waals surface area (Å²) in [6, 6.07) is 2.99. The van der Waals surface area contributed by atoms with Crippen molar-refractivity contribution in [2.75, 3.05) is 0 Å². The van der Waals surface area contributed by atoms with Crippen molar-refractivity contribution < 1.29 is 14.7 Å². The monoisotopic (exact) mass is 207 g/mol. The normalized spacial score (nSPS) is 16.8. The summed E-state index contributed by atoms with van der Waals surface area (Å²) in [5.74, 6) is -0.884. The predicted octanol–water partition coefficient (Wildman–Crippen LogP) is 2.09. The molecular weight excluding hydrogens is 194 g/mol. The Balaban J connectivity index is 2.14. The highest BCUT2D eigenvalue weighted by atomic mass is 16.4. The highest BCUT2D eigenvalue weighted by molar-refractivity contribution is 5.98. The van der Waals surface area contributed by atoms with Gasteiger partial charge in [-0.3, -0.25) is 4.79 Å². The van der Waals surface area contributed by atoms with Gasteiger partial charge in [0.1, 0.15) is 5.69 Å². The van der Waals surface area contributed by atoms with Crippen LogP contribution in [-0.2, 0) is 0 Å². The summed E-state index contributed by atoms with van der Waals surface area (Å²) in [7, 11) is 0. The Bertz CT molecular complexity index is 388. The summed E-state index contributed by atoms with van der Waals surface area (Å²) in [5, 5.41) is 8.70. The zero-order valence-corrected chi connectivity index (χ0v) is 8.32. The number of aromatic amines is 1. The van der Waals surface area contributed by atoms with Crippen molar-refractivity contribution in [2.24, 2.45) is 5.92 Å². The van der Waals surface area contributed by atoms with Gasteiger partial charge in [0.2, 0.25) is 0 Å². The lowest BCUT2D eigenvalue weighted by Gasteiger charge is -2.04. The number of nitrogens with one attached hydrogen (secondary N) is 1. The minimum Gasteiger partial charge on any atom is -0.477 e. The topological polar surface area (TPSA) is 70.2 Å². The lowest BCUT2D eigenvalue weighted by atomic mass is 10.0. The second-order valence-electron chi connectivity index (χ2n) is 3.94. The molecule has 0 bridgehead atoms. The molecule has 1 aliphatic rings. The van der Waals surface area contributed by atoms with E-state index in [1.165, 1.54) is 6.07 Å². The second-order valence-corrected chi connectivity index (χ2v) is 3.94. The first-order valence-electron chi connectivity index (χ1n) is 5.15. The average Bonchev–Trinajstić information content (AvgIpc) is 2.88. The molecule has 0 atom stereocenters. The Morgan fingerprint density at radius 1 is 1.20 bits per heavy atom. The van der Waals surface area contributed by atoms with E-state index in [0.717, 1.165) is 25.7 Å². The van der Waals surface area contributed by atoms with Crippen molar-refractivity contribution in [3.05, 3.63) is 23.5 Å². The van der Waals surface area contributed by atoms with Crippen molar-refractivity contribution in [1.82, 2.24) is 4.98 Å². The molecule has 1 aromatic rings. The quantitative estimate of drug-likeness (QED) is 0.745. The number of Topliss-reactive ketones (excluding diaryl/α,β-unsaturated/α-hetero) is 1. The van der Waals surface area contributed by atoms with Crippen molar-refractivity contribution in [3.63, 3.8) is 0 Å². The summed E-state index contributed by atoms with van der Waals surface area (Å²) in [5.41, 5.74) is 0.510. The van der Waals surface area contributed by atoms with Crippen LogP contribution in [0.15, 0.2) is 12.1 Å². The Hall–Kier alpha value is -1.58. The molecule has 2 N–H and O–H groups in total. The SMILES string of the molecule is O=C(O)c1ccc(C(=O)C2CCCC2)[nH]1. The number of carboxylic acid groups (broad SMARTS) is 1. The molecule has 1 aromatic heterocycles. The third-order valence-corrected chi connectivity index (χ3v) is 2.91. The van der Waals surface area contributed by atoms with Crippen molar-refractivity contribution in [1.29, 1.82) is 0 Å². The number of ketones is 1. The van der Waals surface area contributed by atoms with Gasteiger partial charge in [-0.2, -0.15) is 0 Å². The molecule has 0 spiro atoms. The summed E-state index contributed by atoms with van der Waals surface area (Å²) in [4.78, 5) is 25.1. The van der Waals surface area contributed by atoms with Gasteiger partial charge in [-0.25, -0.2) is 4.79 Å². The summed E-state index contributed by atoms with van der Waals surface area (Å²) >= 11 is 0. The van der Waals surface area contributed by atoms with Crippen LogP contribution in [0.25, 0.3) is 0 Å². The number of hydrogen-bond acceptors (Lipinski definition) is 2. The molecule has 2 rings (SSSR count). The van der Waals surface area contributed by atoms with Crippen molar-refractivity contribution in [2.45, 2.75) is 25.7 Å². The number of carbonyl (C=O) groups is 2. The predicted molar refractivity (Wildman–Crippen MR) is 54.0 cm³/mol. The first-order valence-corrected chi connectivity index (χ1v) is 5.15. The van der Waals surface area contributed by atoms with Crippen LogP contribution in [0, 0.1) is 5.92 Å². The van der Waals surface area contributed by atoms with Crippen molar-refractivity contribution in [3.8, 4) is 0 Å². The van der Waals surface area contributed by atoms with Crippen LogP contribution in [0.5, 0.6) is 0 Å². The number of aromatic nitrogens is 1. The molecule has 1 saturated carbocycles. The van der Waals surface area contributed by atoms with Crippen LogP contribution in [0.4, 0.5) is 0 Å². The van der Waals surface area contributed by atoms with E-state index in [9.17, 15) is 9.59 Å². The number of carbonyl (C=O) groups excluding carboxylic acids is 1. The highest BCUT2D eigenvalue weighted by Crippen LogP contribution is 2.27. The van der Waals surface area contributed by atoms with E-state index in [0.29, 0.717) is 5.69 Å². The number of H-pyrrole nitrogens is 1. The van der Waals surface area contributed by atoms with Gasteiger partial charge in [0.05, 0.1) is 5.69 Å². The third-order valence-electron chi connectivity index (χ3n) is 2.91. The maximum Gasteiger partial charge on any atom is 0.352 e. The van der Waals surface area contributed by atoms with Crippen LogP contribution in [-0.4, -0.2) is 21.8 Å². The lowest BCUT2D eigenvalue weighted by Crippen LogP contribution is -2.11. The summed E-state index contributed by atoms with van der Waals surface area (Å²) < 4.78 is 0. The molecule has 0 amide bonds. The van der Waals surface area contributed by atoms with Gasteiger partial charge in [-0.1, -0.05) is 12.8 Å². The van der Waals surface area contributed by atoms with Gasteiger partial charge in [-0.15, -0.1) is 0 Å². The molecule has 0 aliphatic heterocycles. The number of hydrogen-bond donors (Lipinski definition) is 2. The third kappa shape index (κ3) is 1.93. The van der Waals surface area contributed by atoms with Gasteiger partial charge < -0.3 is 10.1 Å². The Morgan fingerprint density at radius 2 is 1.80 bits per heavy atom. The van der Waals surface area contributed by atoms with Crippen LogP contribution < -0.4 is 0 Å². The summed E-state index contributed by atoms with van der Waals surface area (Å²) in [6.45, 7) is 0. The number of carboxylic acids is 1. The fourth-order valence-electron chi connectivity index (χ4n) is 2.07. The van der Waals surface area contributed by atoms with E-state index in [1.54, 1.807) is 6.07 Å². The fourth-order valence-corrected chi connectivity index (χ4v) is 2.07. The van der Waals surface area contributed by atoms with Gasteiger partial charge in [0.15, 0.2) is 5.78 Å². The first-order chi connectivity index (χ1) is 7.18. The van der Waals surface area contributed by atoms with Gasteiger partial charge in [0, 0.05) is 5.92 Å².